The summed E-state index contributed by atoms with van der Waals surface area (Å²) < 4.78 is 5.64. The van der Waals surface area contributed by atoms with Gasteiger partial charge in [0.25, 0.3) is 0 Å². The fourth-order valence-corrected chi connectivity index (χ4v) is 2.35. The molecular weight excluding hydrogens is 272 g/mol. The van der Waals surface area contributed by atoms with Crippen LogP contribution in [0.25, 0.3) is 0 Å². The van der Waals surface area contributed by atoms with Crippen molar-refractivity contribution in [2.45, 2.75) is 65.5 Å². The molecular formula is C19H34N2O. The Morgan fingerprint density at radius 1 is 0.864 bits per heavy atom. The molecule has 3 nitrogen and oxygen atoms in total. The quantitative estimate of drug-likeness (QED) is 0.538. The lowest BCUT2D eigenvalue weighted by Crippen LogP contribution is -2.27. The van der Waals surface area contributed by atoms with Gasteiger partial charge in [-0.3, -0.25) is 0 Å². The SMILES string of the molecule is CCCCCCCNCCNCc1ccc(OC(C)C)cc1. The van der Waals surface area contributed by atoms with E-state index >= 15 is 0 Å². The fourth-order valence-electron chi connectivity index (χ4n) is 2.35. The highest BCUT2D eigenvalue weighted by Gasteiger charge is 1.98. The molecule has 0 fully saturated rings. The van der Waals surface area contributed by atoms with Gasteiger partial charge in [0, 0.05) is 19.6 Å². The first-order valence-electron chi connectivity index (χ1n) is 8.89. The largest absolute Gasteiger partial charge is 0.491 e. The van der Waals surface area contributed by atoms with Crippen LogP contribution in [0.1, 0.15) is 58.4 Å². The van der Waals surface area contributed by atoms with Crippen LogP contribution in [0.2, 0.25) is 0 Å². The van der Waals surface area contributed by atoms with E-state index in [0.717, 1.165) is 31.9 Å². The minimum absolute atomic E-state index is 0.233. The zero-order valence-electron chi connectivity index (χ0n) is 14.7. The van der Waals surface area contributed by atoms with Crippen molar-refractivity contribution >= 4 is 0 Å². The molecule has 0 aliphatic rings. The number of ether oxygens (including phenoxy) is 1. The summed E-state index contributed by atoms with van der Waals surface area (Å²) in [6.07, 6.45) is 6.98. The molecule has 1 aromatic carbocycles. The highest BCUT2D eigenvalue weighted by atomic mass is 16.5. The number of rotatable bonds is 13. The first kappa shape index (κ1) is 19.0. The average Bonchev–Trinajstić information content (AvgIpc) is 2.50. The van der Waals surface area contributed by atoms with Gasteiger partial charge in [0.05, 0.1) is 6.10 Å². The van der Waals surface area contributed by atoms with Crippen LogP contribution in [0.5, 0.6) is 5.75 Å². The van der Waals surface area contributed by atoms with Crippen molar-refractivity contribution in [2.75, 3.05) is 19.6 Å². The predicted octanol–water partition coefficient (Wildman–Crippen LogP) is 4.12. The lowest BCUT2D eigenvalue weighted by atomic mass is 10.1. The monoisotopic (exact) mass is 306 g/mol. The maximum absolute atomic E-state index is 5.64. The molecule has 0 bridgehead atoms. The van der Waals surface area contributed by atoms with Crippen molar-refractivity contribution in [2.24, 2.45) is 0 Å². The third-order valence-electron chi connectivity index (χ3n) is 3.56. The van der Waals surface area contributed by atoms with Crippen molar-refractivity contribution in [3.8, 4) is 5.75 Å². The smallest absolute Gasteiger partial charge is 0.119 e. The van der Waals surface area contributed by atoms with Crippen LogP contribution in [0, 0.1) is 0 Å². The van der Waals surface area contributed by atoms with Gasteiger partial charge >= 0.3 is 0 Å². The molecule has 0 saturated heterocycles. The molecule has 0 heterocycles. The molecule has 126 valence electrons. The van der Waals surface area contributed by atoms with E-state index in [1.54, 1.807) is 0 Å². The Morgan fingerprint density at radius 3 is 2.23 bits per heavy atom. The molecule has 0 unspecified atom stereocenters. The van der Waals surface area contributed by atoms with E-state index in [-0.39, 0.29) is 6.10 Å². The summed E-state index contributed by atoms with van der Waals surface area (Å²) in [5.74, 6) is 0.948. The number of benzene rings is 1. The van der Waals surface area contributed by atoms with Gasteiger partial charge in [0.1, 0.15) is 5.75 Å². The van der Waals surface area contributed by atoms with Crippen LogP contribution in [0.15, 0.2) is 24.3 Å². The number of hydrogen-bond acceptors (Lipinski definition) is 3. The Morgan fingerprint density at radius 2 is 1.55 bits per heavy atom. The van der Waals surface area contributed by atoms with E-state index < -0.39 is 0 Å². The van der Waals surface area contributed by atoms with E-state index in [0.29, 0.717) is 0 Å². The second kappa shape index (κ2) is 12.5. The summed E-state index contributed by atoms with van der Waals surface area (Å²) in [6.45, 7) is 10.5. The number of nitrogens with one attached hydrogen (secondary N) is 2. The zero-order valence-corrected chi connectivity index (χ0v) is 14.7. The normalized spacial score (nSPS) is 11.1. The minimum Gasteiger partial charge on any atom is -0.491 e. The third-order valence-corrected chi connectivity index (χ3v) is 3.56. The summed E-state index contributed by atoms with van der Waals surface area (Å²) in [5.41, 5.74) is 1.30. The fraction of sp³-hybridized carbons (Fsp3) is 0.684. The van der Waals surface area contributed by atoms with Crippen LogP contribution in [-0.4, -0.2) is 25.7 Å². The zero-order chi connectivity index (χ0) is 16.0. The molecule has 0 spiro atoms. The average molecular weight is 306 g/mol. The van der Waals surface area contributed by atoms with Gasteiger partial charge in [0.2, 0.25) is 0 Å². The highest BCUT2D eigenvalue weighted by molar-refractivity contribution is 5.27. The van der Waals surface area contributed by atoms with Crippen molar-refractivity contribution in [3.63, 3.8) is 0 Å². The van der Waals surface area contributed by atoms with E-state index in [2.05, 4.69) is 29.7 Å². The van der Waals surface area contributed by atoms with Crippen LogP contribution in [0.4, 0.5) is 0 Å². The summed E-state index contributed by atoms with van der Waals surface area (Å²) >= 11 is 0. The van der Waals surface area contributed by atoms with Crippen LogP contribution in [-0.2, 0) is 6.54 Å². The molecule has 1 aromatic rings. The molecule has 0 amide bonds. The summed E-state index contributed by atoms with van der Waals surface area (Å²) in [7, 11) is 0. The molecule has 0 atom stereocenters. The van der Waals surface area contributed by atoms with Crippen molar-refractivity contribution in [1.29, 1.82) is 0 Å². The topological polar surface area (TPSA) is 33.3 Å². The lowest BCUT2D eigenvalue weighted by molar-refractivity contribution is 0.242. The minimum atomic E-state index is 0.233. The number of unbranched alkanes of at least 4 members (excludes halogenated alkanes) is 4. The van der Waals surface area contributed by atoms with E-state index in [1.165, 1.54) is 37.7 Å². The maximum atomic E-state index is 5.64. The van der Waals surface area contributed by atoms with Gasteiger partial charge in [-0.05, 0) is 44.5 Å². The second-order valence-electron chi connectivity index (χ2n) is 6.15. The Bertz CT molecular complexity index is 362. The summed E-state index contributed by atoms with van der Waals surface area (Å²) in [5, 5.41) is 6.97. The molecule has 3 heteroatoms. The lowest BCUT2D eigenvalue weighted by Gasteiger charge is -2.10. The molecule has 0 aliphatic heterocycles. The molecule has 0 aromatic heterocycles. The Hall–Kier alpha value is -1.06. The molecule has 0 aliphatic carbocycles. The first-order chi connectivity index (χ1) is 10.7. The van der Waals surface area contributed by atoms with Crippen molar-refractivity contribution in [3.05, 3.63) is 29.8 Å². The Balaban J connectivity index is 1.98. The maximum Gasteiger partial charge on any atom is 0.119 e. The standard InChI is InChI=1S/C19H34N2O/c1-4-5-6-7-8-13-20-14-15-21-16-18-9-11-19(12-10-18)22-17(2)3/h9-12,17,20-21H,4-8,13-16H2,1-3H3. The van der Waals surface area contributed by atoms with Crippen LogP contribution in [0.3, 0.4) is 0 Å². The molecule has 0 saturated carbocycles. The number of hydrogen-bond donors (Lipinski definition) is 2. The van der Waals surface area contributed by atoms with Crippen molar-refractivity contribution in [1.82, 2.24) is 10.6 Å². The molecule has 22 heavy (non-hydrogen) atoms. The Kier molecular flexibility index (Phi) is 10.8. The third kappa shape index (κ3) is 9.80. The first-order valence-corrected chi connectivity index (χ1v) is 8.89. The van der Waals surface area contributed by atoms with Crippen molar-refractivity contribution < 1.29 is 4.74 Å². The second-order valence-corrected chi connectivity index (χ2v) is 6.15. The van der Waals surface area contributed by atoms with E-state index in [4.69, 9.17) is 4.74 Å². The summed E-state index contributed by atoms with van der Waals surface area (Å²) in [6, 6.07) is 8.36. The molecule has 1 rings (SSSR count). The molecule has 2 N–H and O–H groups in total. The van der Waals surface area contributed by atoms with Gasteiger partial charge in [-0.2, -0.15) is 0 Å². The van der Waals surface area contributed by atoms with Gasteiger partial charge < -0.3 is 15.4 Å². The van der Waals surface area contributed by atoms with Crippen LogP contribution < -0.4 is 15.4 Å². The summed E-state index contributed by atoms with van der Waals surface area (Å²) in [4.78, 5) is 0. The van der Waals surface area contributed by atoms with E-state index in [9.17, 15) is 0 Å². The van der Waals surface area contributed by atoms with Crippen LogP contribution >= 0.6 is 0 Å². The van der Waals surface area contributed by atoms with E-state index in [1.807, 2.05) is 26.0 Å². The predicted molar refractivity (Wildman–Crippen MR) is 95.5 cm³/mol. The van der Waals surface area contributed by atoms with Gasteiger partial charge in [-0.15, -0.1) is 0 Å². The van der Waals surface area contributed by atoms with Gasteiger partial charge in [-0.1, -0.05) is 44.7 Å². The molecule has 0 radical (unpaired) electrons. The highest BCUT2D eigenvalue weighted by Crippen LogP contribution is 2.13. The van der Waals surface area contributed by atoms with Gasteiger partial charge in [0.15, 0.2) is 0 Å². The van der Waals surface area contributed by atoms with Gasteiger partial charge in [-0.25, -0.2) is 0 Å². The Labute approximate surface area is 136 Å².